The molecule has 1 fully saturated rings. The molecule has 0 saturated carbocycles. The van der Waals surface area contributed by atoms with E-state index in [1.54, 1.807) is 20.4 Å². The Hall–Kier alpha value is -3.98. The molecular formula is C35H49N5O4. The van der Waals surface area contributed by atoms with Crippen molar-refractivity contribution in [3.63, 3.8) is 0 Å². The first-order chi connectivity index (χ1) is 21.2. The molecule has 1 aliphatic rings. The molecular weight excluding hydrogens is 554 g/mol. The van der Waals surface area contributed by atoms with Crippen molar-refractivity contribution in [2.45, 2.75) is 64.2 Å². The normalized spacial score (nSPS) is 14.5. The van der Waals surface area contributed by atoms with Crippen LogP contribution in [0.3, 0.4) is 0 Å². The highest BCUT2D eigenvalue weighted by Crippen LogP contribution is 2.40. The van der Waals surface area contributed by atoms with Gasteiger partial charge in [-0.3, -0.25) is 0 Å². The number of benzene rings is 2. The molecule has 4 rings (SSSR count). The number of ether oxygens (including phenoxy) is 3. The Labute approximate surface area is 262 Å². The lowest BCUT2D eigenvalue weighted by Crippen LogP contribution is -2.50. The summed E-state index contributed by atoms with van der Waals surface area (Å²) in [7, 11) is 3.38. The number of methoxy groups -OCH3 is 2. The number of nitrogen functional groups attached to an aromatic ring is 1. The first kappa shape index (κ1) is 32.9. The number of amides is 2. The van der Waals surface area contributed by atoms with E-state index < -0.39 is 0 Å². The molecule has 2 amide bonds. The van der Waals surface area contributed by atoms with Gasteiger partial charge in [-0.1, -0.05) is 39.8 Å². The van der Waals surface area contributed by atoms with Gasteiger partial charge in [0.25, 0.3) is 0 Å². The van der Waals surface area contributed by atoms with Crippen LogP contribution < -0.4 is 30.7 Å². The second kappa shape index (κ2) is 15.1. The van der Waals surface area contributed by atoms with Gasteiger partial charge >= 0.3 is 6.03 Å². The first-order valence-electron chi connectivity index (χ1n) is 15.6. The number of hydrogen-bond acceptors (Lipinski definition) is 7. The molecule has 2 aromatic carbocycles. The zero-order valence-corrected chi connectivity index (χ0v) is 27.1. The molecule has 4 N–H and O–H groups in total. The predicted molar refractivity (Wildman–Crippen MR) is 178 cm³/mol. The average Bonchev–Trinajstić information content (AvgIpc) is 3.03. The van der Waals surface area contributed by atoms with Crippen molar-refractivity contribution < 1.29 is 19.0 Å². The van der Waals surface area contributed by atoms with Gasteiger partial charge in [0.05, 0.1) is 13.7 Å². The van der Waals surface area contributed by atoms with Gasteiger partial charge in [0.1, 0.15) is 5.75 Å². The fourth-order valence-corrected chi connectivity index (χ4v) is 5.96. The highest BCUT2D eigenvalue weighted by Gasteiger charge is 2.38. The lowest BCUT2D eigenvalue weighted by Gasteiger charge is -2.43. The van der Waals surface area contributed by atoms with Crippen LogP contribution in [-0.2, 0) is 10.2 Å². The molecule has 44 heavy (non-hydrogen) atoms. The number of pyridine rings is 1. The third-order valence-corrected chi connectivity index (χ3v) is 8.50. The van der Waals surface area contributed by atoms with E-state index in [4.69, 9.17) is 19.9 Å². The van der Waals surface area contributed by atoms with Crippen LogP contribution in [0.5, 0.6) is 11.5 Å². The quantitative estimate of drug-likeness (QED) is 0.147. The van der Waals surface area contributed by atoms with Gasteiger partial charge < -0.3 is 35.5 Å². The summed E-state index contributed by atoms with van der Waals surface area (Å²) in [5, 5.41) is 6.43. The van der Waals surface area contributed by atoms with Gasteiger partial charge in [0.2, 0.25) is 0 Å². The Bertz CT molecular complexity index is 1360. The summed E-state index contributed by atoms with van der Waals surface area (Å²) in [6.07, 6.45) is 4.25. The van der Waals surface area contributed by atoms with Crippen molar-refractivity contribution in [3.05, 3.63) is 71.4 Å². The number of urea groups is 1. The second-order valence-electron chi connectivity index (χ2n) is 12.2. The fourth-order valence-electron chi connectivity index (χ4n) is 5.96. The van der Waals surface area contributed by atoms with Crippen LogP contribution in [0.1, 0.15) is 75.5 Å². The lowest BCUT2D eigenvalue weighted by molar-refractivity contribution is 0.172. The smallest absolute Gasteiger partial charge is 0.319 e. The Kier molecular flexibility index (Phi) is 11.3. The van der Waals surface area contributed by atoms with E-state index in [1.807, 2.05) is 36.4 Å². The third-order valence-electron chi connectivity index (χ3n) is 8.50. The van der Waals surface area contributed by atoms with Gasteiger partial charge in [-0.05, 0) is 77.8 Å². The van der Waals surface area contributed by atoms with E-state index in [9.17, 15) is 4.79 Å². The summed E-state index contributed by atoms with van der Waals surface area (Å²) in [4.78, 5) is 20.5. The van der Waals surface area contributed by atoms with E-state index in [1.165, 1.54) is 0 Å². The van der Waals surface area contributed by atoms with Crippen molar-refractivity contribution in [2.75, 3.05) is 63.0 Å². The van der Waals surface area contributed by atoms with Crippen molar-refractivity contribution in [1.29, 1.82) is 0 Å². The molecule has 3 aromatic rings. The number of nitrogens with one attached hydrogen (secondary N) is 2. The number of anilines is 3. The molecule has 1 aromatic heterocycles. The largest absolute Gasteiger partial charge is 0.497 e. The molecule has 9 heteroatoms. The highest BCUT2D eigenvalue weighted by molar-refractivity contribution is 5.92. The molecule has 0 unspecified atom stereocenters. The van der Waals surface area contributed by atoms with Crippen LogP contribution in [-0.4, -0.2) is 58.1 Å². The Morgan fingerprint density at radius 2 is 1.70 bits per heavy atom. The molecule has 238 valence electrons. The molecule has 0 aliphatic carbocycles. The molecule has 1 aliphatic heterocycles. The summed E-state index contributed by atoms with van der Waals surface area (Å²) in [5.41, 5.74) is 10.7. The van der Waals surface area contributed by atoms with Crippen molar-refractivity contribution in [3.8, 4) is 11.5 Å². The second-order valence-corrected chi connectivity index (χ2v) is 12.2. The van der Waals surface area contributed by atoms with Crippen molar-refractivity contribution >= 4 is 23.2 Å². The summed E-state index contributed by atoms with van der Waals surface area (Å²) in [5.74, 6) is 2.84. The van der Waals surface area contributed by atoms with Crippen LogP contribution in [0, 0.1) is 0 Å². The molecule has 0 atom stereocenters. The molecule has 0 bridgehead atoms. The Morgan fingerprint density at radius 1 is 1.00 bits per heavy atom. The zero-order chi connectivity index (χ0) is 31.7. The number of nitrogens with two attached hydrogens (primary N) is 1. The van der Waals surface area contributed by atoms with Crippen LogP contribution in [0.2, 0.25) is 0 Å². The minimum Gasteiger partial charge on any atom is -0.497 e. The van der Waals surface area contributed by atoms with Crippen molar-refractivity contribution in [2.24, 2.45) is 0 Å². The van der Waals surface area contributed by atoms with Gasteiger partial charge in [0, 0.05) is 62.8 Å². The summed E-state index contributed by atoms with van der Waals surface area (Å²) in [6.45, 7) is 11.7. The Balaban J connectivity index is 1.54. The van der Waals surface area contributed by atoms with Gasteiger partial charge in [0.15, 0.2) is 11.6 Å². The third kappa shape index (κ3) is 7.94. The molecule has 2 heterocycles. The SMILES string of the molecule is COCCCOc1cccnc1N1CCC(CNC(=O)Nc2c(C(C)C)cc(N)cc2C(C)C)(c2cccc(OC)c2)CC1. The van der Waals surface area contributed by atoms with Crippen LogP contribution in [0.15, 0.2) is 54.7 Å². The van der Waals surface area contributed by atoms with Gasteiger partial charge in [-0.15, -0.1) is 0 Å². The zero-order valence-electron chi connectivity index (χ0n) is 27.1. The number of rotatable bonds is 13. The maximum Gasteiger partial charge on any atom is 0.319 e. The van der Waals surface area contributed by atoms with Crippen LogP contribution >= 0.6 is 0 Å². The number of aromatic nitrogens is 1. The number of hydrogen-bond donors (Lipinski definition) is 3. The summed E-state index contributed by atoms with van der Waals surface area (Å²) in [6, 6.07) is 15.8. The van der Waals surface area contributed by atoms with E-state index in [0.717, 1.165) is 72.0 Å². The maximum absolute atomic E-state index is 13.5. The number of nitrogens with zero attached hydrogens (tertiary/aromatic N) is 2. The number of carbonyl (C=O) groups is 1. The monoisotopic (exact) mass is 603 g/mol. The van der Waals surface area contributed by atoms with Crippen LogP contribution in [0.4, 0.5) is 22.0 Å². The predicted octanol–water partition coefficient (Wildman–Crippen LogP) is 6.69. The minimum atomic E-state index is -0.292. The Morgan fingerprint density at radius 3 is 2.34 bits per heavy atom. The summed E-state index contributed by atoms with van der Waals surface area (Å²) >= 11 is 0. The number of carbonyl (C=O) groups excluding carboxylic acids is 1. The van der Waals surface area contributed by atoms with E-state index in [0.29, 0.717) is 25.4 Å². The maximum atomic E-state index is 13.5. The molecule has 0 spiro atoms. The molecule has 0 radical (unpaired) electrons. The van der Waals surface area contributed by atoms with Gasteiger partial charge in [-0.25, -0.2) is 9.78 Å². The molecule has 1 saturated heterocycles. The lowest BCUT2D eigenvalue weighted by atomic mass is 9.72. The van der Waals surface area contributed by atoms with Crippen molar-refractivity contribution in [1.82, 2.24) is 10.3 Å². The van der Waals surface area contributed by atoms with Crippen LogP contribution in [0.25, 0.3) is 0 Å². The van der Waals surface area contributed by atoms with Gasteiger partial charge in [-0.2, -0.15) is 0 Å². The highest BCUT2D eigenvalue weighted by atomic mass is 16.5. The average molecular weight is 604 g/mol. The first-order valence-corrected chi connectivity index (χ1v) is 15.6. The fraction of sp³-hybridized carbons (Fsp3) is 0.486. The van der Waals surface area contributed by atoms with E-state index >= 15 is 0 Å². The topological polar surface area (TPSA) is 111 Å². The molecule has 9 nitrogen and oxygen atoms in total. The van der Waals surface area contributed by atoms with E-state index in [2.05, 4.69) is 60.3 Å². The minimum absolute atomic E-state index is 0.208. The standard InChI is InChI=1S/C35H49N5O4/c1-24(2)29-21-27(36)22-30(25(3)4)32(29)39-34(41)38-23-35(26-10-7-11-28(20-26)43-6)13-16-40(17-14-35)33-31(12-8-15-37-33)44-19-9-18-42-5/h7-8,10-12,15,20-22,24-25H,9,13-14,16-19,23,36H2,1-6H3,(H2,38,39,41). The van der Waals surface area contributed by atoms with E-state index in [-0.39, 0.29) is 23.3 Å². The summed E-state index contributed by atoms with van der Waals surface area (Å²) < 4.78 is 16.8. The number of piperidine rings is 1.